The molecule has 0 aliphatic rings. The first-order valence-corrected chi connectivity index (χ1v) is 9.47. The van der Waals surface area contributed by atoms with E-state index in [0.29, 0.717) is 13.0 Å². The SMILES string of the molecule is COc1ccc([C@H](CC(=O)NCc2cnn3cccnc23)c2ccccc2)cc1. The van der Waals surface area contributed by atoms with Gasteiger partial charge in [-0.25, -0.2) is 9.50 Å². The minimum absolute atomic E-state index is 0.0232. The number of hydrogen-bond donors (Lipinski definition) is 1. The number of fused-ring (bicyclic) bond motifs is 1. The second-order valence-electron chi connectivity index (χ2n) is 6.77. The van der Waals surface area contributed by atoms with Crippen LogP contribution < -0.4 is 10.1 Å². The third-order valence-electron chi connectivity index (χ3n) is 4.94. The minimum Gasteiger partial charge on any atom is -0.497 e. The lowest BCUT2D eigenvalue weighted by molar-refractivity contribution is -0.121. The second kappa shape index (κ2) is 8.56. The molecule has 0 saturated heterocycles. The predicted molar refractivity (Wildman–Crippen MR) is 111 cm³/mol. The molecule has 4 aromatic rings. The molecule has 1 N–H and O–H groups in total. The highest BCUT2D eigenvalue weighted by Gasteiger charge is 2.18. The maximum Gasteiger partial charge on any atom is 0.221 e. The largest absolute Gasteiger partial charge is 0.497 e. The fourth-order valence-corrected chi connectivity index (χ4v) is 3.40. The Balaban J connectivity index is 1.50. The molecule has 2 heterocycles. The van der Waals surface area contributed by atoms with Crippen LogP contribution in [0.1, 0.15) is 29.0 Å². The summed E-state index contributed by atoms with van der Waals surface area (Å²) in [6.45, 7) is 0.392. The highest BCUT2D eigenvalue weighted by atomic mass is 16.5. The molecule has 0 radical (unpaired) electrons. The van der Waals surface area contributed by atoms with Crippen LogP contribution in [0, 0.1) is 0 Å². The Bertz CT molecular complexity index is 1090. The third-order valence-corrected chi connectivity index (χ3v) is 4.94. The Morgan fingerprint density at radius 2 is 1.83 bits per heavy atom. The molecule has 6 heteroatoms. The van der Waals surface area contributed by atoms with Gasteiger partial charge in [0.25, 0.3) is 0 Å². The molecular weight excluding hydrogens is 364 g/mol. The highest BCUT2D eigenvalue weighted by molar-refractivity contribution is 5.77. The molecule has 2 aromatic heterocycles. The predicted octanol–water partition coefficient (Wildman–Crippen LogP) is 3.58. The van der Waals surface area contributed by atoms with Crippen LogP contribution in [0.15, 0.2) is 79.3 Å². The van der Waals surface area contributed by atoms with Crippen LogP contribution in [0.4, 0.5) is 0 Å². The van der Waals surface area contributed by atoms with E-state index < -0.39 is 0 Å². The first kappa shape index (κ1) is 18.7. The van der Waals surface area contributed by atoms with Crippen molar-refractivity contribution in [3.05, 3.63) is 95.9 Å². The third kappa shape index (κ3) is 4.27. The summed E-state index contributed by atoms with van der Waals surface area (Å²) >= 11 is 0. The smallest absolute Gasteiger partial charge is 0.221 e. The van der Waals surface area contributed by atoms with Gasteiger partial charge in [0.15, 0.2) is 5.65 Å². The molecule has 0 aliphatic heterocycles. The molecule has 0 aliphatic carbocycles. The van der Waals surface area contributed by atoms with Gasteiger partial charge < -0.3 is 10.1 Å². The van der Waals surface area contributed by atoms with E-state index >= 15 is 0 Å². The zero-order valence-corrected chi connectivity index (χ0v) is 16.2. The van der Waals surface area contributed by atoms with Gasteiger partial charge in [-0.3, -0.25) is 4.79 Å². The molecule has 29 heavy (non-hydrogen) atoms. The molecule has 0 unspecified atom stereocenters. The van der Waals surface area contributed by atoms with Crippen LogP contribution in [-0.2, 0) is 11.3 Å². The standard InChI is InChI=1S/C23H22N4O2/c1-29-20-10-8-18(9-11-20)21(17-6-3-2-4-7-17)14-22(28)25-15-19-16-26-27-13-5-12-24-23(19)27/h2-13,16,21H,14-15H2,1H3,(H,25,28)/t21-/m1/s1. The molecule has 146 valence electrons. The Hall–Kier alpha value is -3.67. The van der Waals surface area contributed by atoms with E-state index in [9.17, 15) is 4.79 Å². The number of nitrogens with one attached hydrogen (secondary N) is 1. The van der Waals surface area contributed by atoms with Gasteiger partial charge in [0, 0.05) is 36.8 Å². The normalized spacial score (nSPS) is 11.9. The van der Waals surface area contributed by atoms with Crippen molar-refractivity contribution in [2.75, 3.05) is 7.11 Å². The average Bonchev–Trinajstić information content (AvgIpc) is 3.20. The number of amides is 1. The van der Waals surface area contributed by atoms with E-state index in [2.05, 4.69) is 27.5 Å². The van der Waals surface area contributed by atoms with E-state index in [1.165, 1.54) is 0 Å². The maximum absolute atomic E-state index is 12.8. The first-order valence-electron chi connectivity index (χ1n) is 9.47. The van der Waals surface area contributed by atoms with Crippen LogP contribution in [0.5, 0.6) is 5.75 Å². The first-order chi connectivity index (χ1) is 14.2. The zero-order chi connectivity index (χ0) is 20.1. The molecule has 1 atom stereocenters. The van der Waals surface area contributed by atoms with Gasteiger partial charge in [-0.2, -0.15) is 5.10 Å². The number of carbonyl (C=O) groups excluding carboxylic acids is 1. The lowest BCUT2D eigenvalue weighted by atomic mass is 9.88. The Morgan fingerprint density at radius 3 is 2.59 bits per heavy atom. The molecule has 4 rings (SSSR count). The summed E-state index contributed by atoms with van der Waals surface area (Å²) in [5.41, 5.74) is 3.82. The summed E-state index contributed by atoms with van der Waals surface area (Å²) in [5.74, 6) is 0.736. The van der Waals surface area contributed by atoms with Gasteiger partial charge >= 0.3 is 0 Å². The summed E-state index contributed by atoms with van der Waals surface area (Å²) in [4.78, 5) is 17.1. The van der Waals surface area contributed by atoms with Crippen LogP contribution in [0.25, 0.3) is 5.65 Å². The monoisotopic (exact) mass is 386 g/mol. The fourth-order valence-electron chi connectivity index (χ4n) is 3.40. The summed E-state index contributed by atoms with van der Waals surface area (Å²) in [7, 11) is 1.65. The summed E-state index contributed by atoms with van der Waals surface area (Å²) in [6.07, 6.45) is 5.64. The fraction of sp³-hybridized carbons (Fsp3) is 0.174. The van der Waals surface area contributed by atoms with Crippen LogP contribution >= 0.6 is 0 Å². The average molecular weight is 386 g/mol. The molecule has 0 spiro atoms. The van der Waals surface area contributed by atoms with Crippen molar-refractivity contribution in [3.8, 4) is 5.75 Å². The van der Waals surface area contributed by atoms with E-state index in [1.54, 1.807) is 24.0 Å². The van der Waals surface area contributed by atoms with Crippen molar-refractivity contribution in [1.82, 2.24) is 19.9 Å². The summed E-state index contributed by atoms with van der Waals surface area (Å²) in [5, 5.41) is 7.27. The van der Waals surface area contributed by atoms with E-state index in [4.69, 9.17) is 4.74 Å². The van der Waals surface area contributed by atoms with Gasteiger partial charge in [-0.15, -0.1) is 0 Å². The number of ether oxygens (including phenoxy) is 1. The van der Waals surface area contributed by atoms with E-state index in [0.717, 1.165) is 28.1 Å². The minimum atomic E-state index is -0.0378. The van der Waals surface area contributed by atoms with Gasteiger partial charge in [0.05, 0.1) is 13.3 Å². The van der Waals surface area contributed by atoms with Crippen LogP contribution in [0.3, 0.4) is 0 Å². The molecule has 2 aromatic carbocycles. The topological polar surface area (TPSA) is 68.5 Å². The van der Waals surface area contributed by atoms with Crippen molar-refractivity contribution in [2.45, 2.75) is 18.9 Å². The zero-order valence-electron chi connectivity index (χ0n) is 16.2. The van der Waals surface area contributed by atoms with Gasteiger partial charge in [-0.05, 0) is 29.3 Å². The summed E-state index contributed by atoms with van der Waals surface area (Å²) in [6, 6.07) is 19.8. The van der Waals surface area contributed by atoms with Crippen LogP contribution in [0.2, 0.25) is 0 Å². The number of carbonyl (C=O) groups is 1. The lowest BCUT2D eigenvalue weighted by Crippen LogP contribution is -2.25. The highest BCUT2D eigenvalue weighted by Crippen LogP contribution is 2.29. The number of nitrogens with zero attached hydrogens (tertiary/aromatic N) is 3. The van der Waals surface area contributed by atoms with Crippen LogP contribution in [-0.4, -0.2) is 27.6 Å². The van der Waals surface area contributed by atoms with Gasteiger partial charge in [0.2, 0.25) is 5.91 Å². The quantitative estimate of drug-likeness (QED) is 0.527. The molecular formula is C23H22N4O2. The van der Waals surface area contributed by atoms with Gasteiger partial charge in [0.1, 0.15) is 5.75 Å². The second-order valence-corrected chi connectivity index (χ2v) is 6.77. The molecule has 0 bridgehead atoms. The Labute approximate surface area is 169 Å². The number of methoxy groups -OCH3 is 1. The van der Waals surface area contributed by atoms with Gasteiger partial charge in [-0.1, -0.05) is 42.5 Å². The Kier molecular flexibility index (Phi) is 5.52. The number of benzene rings is 2. The van der Waals surface area contributed by atoms with Crippen molar-refractivity contribution in [3.63, 3.8) is 0 Å². The number of rotatable bonds is 7. The molecule has 0 saturated carbocycles. The number of hydrogen-bond acceptors (Lipinski definition) is 4. The van der Waals surface area contributed by atoms with Crippen molar-refractivity contribution in [2.24, 2.45) is 0 Å². The van der Waals surface area contributed by atoms with Crippen molar-refractivity contribution in [1.29, 1.82) is 0 Å². The maximum atomic E-state index is 12.8. The Morgan fingerprint density at radius 1 is 1.07 bits per heavy atom. The molecule has 0 fully saturated rings. The van der Waals surface area contributed by atoms with E-state index in [1.807, 2.05) is 54.7 Å². The molecule has 1 amide bonds. The number of aromatic nitrogens is 3. The molecule has 6 nitrogen and oxygen atoms in total. The van der Waals surface area contributed by atoms with Crippen molar-refractivity contribution < 1.29 is 9.53 Å². The van der Waals surface area contributed by atoms with Crippen molar-refractivity contribution >= 4 is 11.6 Å². The lowest BCUT2D eigenvalue weighted by Gasteiger charge is -2.18. The summed E-state index contributed by atoms with van der Waals surface area (Å²) < 4.78 is 6.96. The van der Waals surface area contributed by atoms with E-state index in [-0.39, 0.29) is 11.8 Å².